The maximum Gasteiger partial charge on any atom is 0.257 e. The van der Waals surface area contributed by atoms with Gasteiger partial charge in [-0.1, -0.05) is 18.2 Å². The predicted octanol–water partition coefficient (Wildman–Crippen LogP) is 5.14. The largest absolute Gasteiger partial charge is 0.396 e. The van der Waals surface area contributed by atoms with Crippen molar-refractivity contribution in [2.24, 2.45) is 0 Å². The number of halogens is 2. The van der Waals surface area contributed by atoms with Gasteiger partial charge in [-0.3, -0.25) is 4.79 Å². The molecule has 4 rings (SSSR count). The Labute approximate surface area is 176 Å². The number of hydrogen-bond donors (Lipinski definition) is 1. The second-order valence-corrected chi connectivity index (χ2v) is 8.92. The minimum absolute atomic E-state index is 0.0676. The first-order valence-electron chi connectivity index (χ1n) is 10.9. The zero-order valence-electron chi connectivity index (χ0n) is 17.4. The third-order valence-electron chi connectivity index (χ3n) is 6.88. The van der Waals surface area contributed by atoms with E-state index in [1.54, 1.807) is 12.1 Å². The van der Waals surface area contributed by atoms with Crippen LogP contribution in [0.2, 0.25) is 0 Å². The standard InChI is InChI=1S/C25H29F2NO2/c1-17-2-9-22(23(27)16-17)24(30)28(20-7-8-20)21-10-12-25(13-11-21,14-15-29)18-3-5-19(26)6-4-18/h2-6,9,16,20-21,29H,7-8,10-15H2,1H3/t21-,25-. The number of aliphatic hydroxyl groups excluding tert-OH is 1. The predicted molar refractivity (Wildman–Crippen MR) is 112 cm³/mol. The molecule has 1 amide bonds. The van der Waals surface area contributed by atoms with Gasteiger partial charge in [-0.15, -0.1) is 0 Å². The Morgan fingerprint density at radius 2 is 1.67 bits per heavy atom. The van der Waals surface area contributed by atoms with Crippen molar-refractivity contribution in [3.8, 4) is 0 Å². The van der Waals surface area contributed by atoms with Crippen LogP contribution in [0.5, 0.6) is 0 Å². The Bertz CT molecular complexity index is 900. The lowest BCUT2D eigenvalue weighted by atomic mass is 9.66. The van der Waals surface area contributed by atoms with Crippen LogP contribution in [0, 0.1) is 18.6 Å². The van der Waals surface area contributed by atoms with Gasteiger partial charge in [0.2, 0.25) is 0 Å². The highest BCUT2D eigenvalue weighted by Crippen LogP contribution is 2.45. The quantitative estimate of drug-likeness (QED) is 0.712. The van der Waals surface area contributed by atoms with E-state index >= 15 is 0 Å². The van der Waals surface area contributed by atoms with E-state index in [0.717, 1.165) is 49.7 Å². The fourth-order valence-electron chi connectivity index (χ4n) is 5.05. The van der Waals surface area contributed by atoms with E-state index in [1.807, 2.05) is 24.0 Å². The van der Waals surface area contributed by atoms with Gasteiger partial charge in [-0.2, -0.15) is 0 Å². The van der Waals surface area contributed by atoms with Gasteiger partial charge >= 0.3 is 0 Å². The molecule has 0 bridgehead atoms. The van der Waals surface area contributed by atoms with Crippen molar-refractivity contribution in [3.05, 3.63) is 70.8 Å². The molecule has 0 saturated heterocycles. The average Bonchev–Trinajstić information content (AvgIpc) is 3.55. The Morgan fingerprint density at radius 3 is 2.23 bits per heavy atom. The molecule has 2 fully saturated rings. The molecule has 0 unspecified atom stereocenters. The van der Waals surface area contributed by atoms with E-state index in [9.17, 15) is 18.7 Å². The number of aliphatic hydroxyl groups is 1. The van der Waals surface area contributed by atoms with Gasteiger partial charge < -0.3 is 10.0 Å². The average molecular weight is 414 g/mol. The summed E-state index contributed by atoms with van der Waals surface area (Å²) in [4.78, 5) is 15.2. The minimum Gasteiger partial charge on any atom is -0.396 e. The first-order valence-corrected chi connectivity index (χ1v) is 10.9. The van der Waals surface area contributed by atoms with Crippen LogP contribution in [-0.2, 0) is 5.41 Å². The van der Waals surface area contributed by atoms with Crippen LogP contribution in [0.3, 0.4) is 0 Å². The molecule has 2 aromatic carbocycles. The molecule has 0 aromatic heterocycles. The molecule has 0 spiro atoms. The lowest BCUT2D eigenvalue weighted by Crippen LogP contribution is -2.47. The summed E-state index contributed by atoms with van der Waals surface area (Å²) in [7, 11) is 0. The van der Waals surface area contributed by atoms with Crippen molar-refractivity contribution < 1.29 is 18.7 Å². The van der Waals surface area contributed by atoms with Crippen LogP contribution in [0.4, 0.5) is 8.78 Å². The number of amides is 1. The van der Waals surface area contributed by atoms with Crippen molar-refractivity contribution in [2.45, 2.75) is 69.4 Å². The summed E-state index contributed by atoms with van der Waals surface area (Å²) in [5.74, 6) is -0.934. The number of aryl methyl sites for hydroxylation is 1. The second-order valence-electron chi connectivity index (χ2n) is 8.92. The second kappa shape index (κ2) is 8.46. The third-order valence-corrected chi connectivity index (χ3v) is 6.88. The fraction of sp³-hybridized carbons (Fsp3) is 0.480. The molecular formula is C25H29F2NO2. The fourth-order valence-corrected chi connectivity index (χ4v) is 5.05. The van der Waals surface area contributed by atoms with Gasteiger partial charge in [-0.25, -0.2) is 8.78 Å². The van der Waals surface area contributed by atoms with E-state index in [1.165, 1.54) is 18.2 Å². The molecule has 5 heteroatoms. The van der Waals surface area contributed by atoms with Gasteiger partial charge in [0.1, 0.15) is 11.6 Å². The van der Waals surface area contributed by atoms with E-state index in [-0.39, 0.29) is 41.4 Å². The Morgan fingerprint density at radius 1 is 1.03 bits per heavy atom. The summed E-state index contributed by atoms with van der Waals surface area (Å²) in [5.41, 5.74) is 1.79. The highest BCUT2D eigenvalue weighted by atomic mass is 19.1. The normalized spacial score (nSPS) is 23.9. The molecule has 0 atom stereocenters. The van der Waals surface area contributed by atoms with Gasteiger partial charge in [-0.05, 0) is 92.7 Å². The van der Waals surface area contributed by atoms with Crippen molar-refractivity contribution in [3.63, 3.8) is 0 Å². The van der Waals surface area contributed by atoms with Crippen LogP contribution in [0.25, 0.3) is 0 Å². The summed E-state index contributed by atoms with van der Waals surface area (Å²) >= 11 is 0. The number of rotatable bonds is 6. The number of hydrogen-bond acceptors (Lipinski definition) is 2. The summed E-state index contributed by atoms with van der Waals surface area (Å²) in [6.07, 6.45) is 5.79. The van der Waals surface area contributed by atoms with Gasteiger partial charge in [0.15, 0.2) is 0 Å². The molecule has 0 heterocycles. The lowest BCUT2D eigenvalue weighted by Gasteiger charge is -2.44. The van der Waals surface area contributed by atoms with Crippen molar-refractivity contribution >= 4 is 5.91 Å². The monoisotopic (exact) mass is 413 g/mol. The van der Waals surface area contributed by atoms with Gasteiger partial charge in [0, 0.05) is 18.7 Å². The topological polar surface area (TPSA) is 40.5 Å². The number of carbonyl (C=O) groups is 1. The van der Waals surface area contributed by atoms with Crippen LogP contribution >= 0.6 is 0 Å². The van der Waals surface area contributed by atoms with Gasteiger partial charge in [0.25, 0.3) is 5.91 Å². The van der Waals surface area contributed by atoms with Crippen LogP contribution in [0.1, 0.15) is 66.4 Å². The molecule has 30 heavy (non-hydrogen) atoms. The first-order chi connectivity index (χ1) is 14.4. The van der Waals surface area contributed by atoms with Crippen LogP contribution in [-0.4, -0.2) is 34.6 Å². The Balaban J connectivity index is 1.54. The Kier molecular flexibility index (Phi) is 5.92. The Hall–Kier alpha value is -2.27. The maximum absolute atomic E-state index is 14.5. The highest BCUT2D eigenvalue weighted by Gasteiger charge is 2.43. The molecule has 2 aromatic rings. The zero-order chi connectivity index (χ0) is 21.3. The third kappa shape index (κ3) is 4.13. The van der Waals surface area contributed by atoms with Crippen LogP contribution < -0.4 is 0 Å². The molecular weight excluding hydrogens is 384 g/mol. The molecule has 2 aliphatic carbocycles. The zero-order valence-corrected chi connectivity index (χ0v) is 17.4. The molecule has 3 nitrogen and oxygen atoms in total. The number of benzene rings is 2. The summed E-state index contributed by atoms with van der Waals surface area (Å²) in [6.45, 7) is 1.88. The maximum atomic E-state index is 14.5. The minimum atomic E-state index is -0.456. The summed E-state index contributed by atoms with van der Waals surface area (Å²) in [5, 5.41) is 9.68. The van der Waals surface area contributed by atoms with Crippen molar-refractivity contribution in [1.82, 2.24) is 4.90 Å². The van der Waals surface area contributed by atoms with E-state index in [2.05, 4.69) is 0 Å². The van der Waals surface area contributed by atoms with E-state index in [4.69, 9.17) is 0 Å². The van der Waals surface area contributed by atoms with E-state index < -0.39 is 5.82 Å². The summed E-state index contributed by atoms with van der Waals surface area (Å²) in [6, 6.07) is 11.6. The smallest absolute Gasteiger partial charge is 0.257 e. The van der Waals surface area contributed by atoms with Crippen molar-refractivity contribution in [1.29, 1.82) is 0 Å². The lowest BCUT2D eigenvalue weighted by molar-refractivity contribution is 0.0546. The summed E-state index contributed by atoms with van der Waals surface area (Å²) < 4.78 is 27.9. The number of carbonyl (C=O) groups excluding carboxylic acids is 1. The highest BCUT2D eigenvalue weighted by molar-refractivity contribution is 5.95. The first kappa shape index (κ1) is 21.0. The molecule has 0 radical (unpaired) electrons. The van der Waals surface area contributed by atoms with Gasteiger partial charge in [0.05, 0.1) is 5.56 Å². The molecule has 0 aliphatic heterocycles. The molecule has 2 saturated carbocycles. The molecule has 2 aliphatic rings. The molecule has 1 N–H and O–H groups in total. The van der Waals surface area contributed by atoms with Crippen LogP contribution in [0.15, 0.2) is 42.5 Å². The van der Waals surface area contributed by atoms with Crippen molar-refractivity contribution in [2.75, 3.05) is 6.61 Å². The number of nitrogens with zero attached hydrogens (tertiary/aromatic N) is 1. The van der Waals surface area contributed by atoms with E-state index in [0.29, 0.717) is 6.42 Å². The molecule has 160 valence electrons. The SMILES string of the molecule is Cc1ccc(C(=O)N(C2CC2)[C@H]2CC[C@](CCO)(c3ccc(F)cc3)CC2)c(F)c1.